The number of benzene rings is 1. The summed E-state index contributed by atoms with van der Waals surface area (Å²) in [5, 5.41) is 8.13. The van der Waals surface area contributed by atoms with Crippen molar-refractivity contribution in [2.24, 2.45) is 4.99 Å². The Bertz CT molecular complexity index is 1150. The first-order chi connectivity index (χ1) is 14.6. The molecule has 1 N–H and O–H groups in total. The summed E-state index contributed by atoms with van der Waals surface area (Å²) in [7, 11) is 4.59. The van der Waals surface area contributed by atoms with Crippen molar-refractivity contribution in [2.75, 3.05) is 31.1 Å². The highest BCUT2D eigenvalue weighted by molar-refractivity contribution is 6.36. The molecule has 0 radical (unpaired) electrons. The number of guanidine groups is 1. The third kappa shape index (κ3) is 2.68. The summed E-state index contributed by atoms with van der Waals surface area (Å²) in [5.41, 5.74) is 2.80. The summed E-state index contributed by atoms with van der Waals surface area (Å²) in [6.45, 7) is 0.340. The summed E-state index contributed by atoms with van der Waals surface area (Å²) in [6, 6.07) is 1.71. The average molecular weight is 431 g/mol. The van der Waals surface area contributed by atoms with Gasteiger partial charge in [0.15, 0.2) is 17.2 Å². The Labute approximate surface area is 177 Å². The maximum atomic E-state index is 15.5. The van der Waals surface area contributed by atoms with Gasteiger partial charge in [-0.2, -0.15) is 5.10 Å². The van der Waals surface area contributed by atoms with Crippen LogP contribution in [0.2, 0.25) is 5.02 Å². The largest absolute Gasteiger partial charge is 0.495 e. The SMILES string of the molecule is C/N=C1\N(c2c(F)c(OC)cc(OC)c2Cl)Cc2cnc3[nH]ncc3c2N1C1CC1. The number of halogens is 2. The van der Waals surface area contributed by atoms with E-state index < -0.39 is 5.82 Å². The molecule has 2 aromatic heterocycles. The van der Waals surface area contributed by atoms with Crippen LogP contribution >= 0.6 is 11.6 Å². The van der Waals surface area contributed by atoms with Crippen molar-refractivity contribution in [1.82, 2.24) is 15.2 Å². The predicted octanol–water partition coefficient (Wildman–Crippen LogP) is 3.74. The second kappa shape index (κ2) is 7.02. The van der Waals surface area contributed by atoms with Crippen molar-refractivity contribution in [3.8, 4) is 11.5 Å². The lowest BCUT2D eigenvalue weighted by atomic mass is 10.1. The molecule has 1 saturated carbocycles. The Hall–Kier alpha value is -3.07. The monoisotopic (exact) mass is 430 g/mol. The molecule has 1 aliphatic carbocycles. The predicted molar refractivity (Wildman–Crippen MR) is 113 cm³/mol. The molecule has 3 heterocycles. The first-order valence-corrected chi connectivity index (χ1v) is 9.91. The minimum absolute atomic E-state index is 0.0499. The summed E-state index contributed by atoms with van der Waals surface area (Å²) in [6.07, 6.45) is 5.59. The fraction of sp³-hybridized carbons (Fsp3) is 0.350. The number of hydrogen-bond acceptors (Lipinski definition) is 5. The number of ether oxygens (including phenoxy) is 2. The number of methoxy groups -OCH3 is 2. The highest BCUT2D eigenvalue weighted by atomic mass is 35.5. The molecule has 3 aromatic rings. The van der Waals surface area contributed by atoms with Gasteiger partial charge in [0.1, 0.15) is 16.5 Å². The molecule has 30 heavy (non-hydrogen) atoms. The van der Waals surface area contributed by atoms with Gasteiger partial charge in [-0.3, -0.25) is 10.1 Å². The number of nitrogens with one attached hydrogen (secondary N) is 1. The highest BCUT2D eigenvalue weighted by Crippen LogP contribution is 2.47. The van der Waals surface area contributed by atoms with E-state index in [2.05, 4.69) is 25.1 Å². The Morgan fingerprint density at radius 2 is 1.97 bits per heavy atom. The lowest BCUT2D eigenvalue weighted by Crippen LogP contribution is -2.50. The fourth-order valence-electron chi connectivity index (χ4n) is 3.99. The Kier molecular flexibility index (Phi) is 4.43. The first-order valence-electron chi connectivity index (χ1n) is 9.53. The van der Waals surface area contributed by atoms with Crippen molar-refractivity contribution in [3.63, 3.8) is 0 Å². The van der Waals surface area contributed by atoms with E-state index in [4.69, 9.17) is 21.1 Å². The van der Waals surface area contributed by atoms with Crippen LogP contribution in [-0.2, 0) is 6.54 Å². The first kappa shape index (κ1) is 18.9. The summed E-state index contributed by atoms with van der Waals surface area (Å²) in [4.78, 5) is 12.9. The third-order valence-corrected chi connectivity index (χ3v) is 5.85. The van der Waals surface area contributed by atoms with Gasteiger partial charge >= 0.3 is 0 Å². The molecule has 1 fully saturated rings. The number of nitrogens with zero attached hydrogens (tertiary/aromatic N) is 5. The lowest BCUT2D eigenvalue weighted by Gasteiger charge is -2.41. The second-order valence-electron chi connectivity index (χ2n) is 7.23. The van der Waals surface area contributed by atoms with Gasteiger partial charge in [-0.1, -0.05) is 11.6 Å². The van der Waals surface area contributed by atoms with Gasteiger partial charge in [-0.05, 0) is 12.8 Å². The van der Waals surface area contributed by atoms with Crippen LogP contribution in [0, 0.1) is 5.82 Å². The number of rotatable bonds is 4. The van der Waals surface area contributed by atoms with Gasteiger partial charge in [-0.15, -0.1) is 0 Å². The number of pyridine rings is 1. The molecule has 2 aliphatic rings. The molecule has 0 spiro atoms. The maximum absolute atomic E-state index is 15.5. The van der Waals surface area contributed by atoms with E-state index in [-0.39, 0.29) is 22.5 Å². The number of H-pyrrole nitrogens is 1. The zero-order chi connectivity index (χ0) is 21.0. The van der Waals surface area contributed by atoms with Crippen molar-refractivity contribution in [2.45, 2.75) is 25.4 Å². The van der Waals surface area contributed by atoms with E-state index in [9.17, 15) is 0 Å². The zero-order valence-corrected chi connectivity index (χ0v) is 17.5. The van der Waals surface area contributed by atoms with E-state index in [1.165, 1.54) is 20.3 Å². The quantitative estimate of drug-likeness (QED) is 0.679. The molecule has 0 amide bonds. The molecule has 0 saturated heterocycles. The van der Waals surface area contributed by atoms with Crippen molar-refractivity contribution < 1.29 is 13.9 Å². The van der Waals surface area contributed by atoms with Gasteiger partial charge in [0, 0.05) is 30.9 Å². The lowest BCUT2D eigenvalue weighted by molar-refractivity contribution is 0.374. The van der Waals surface area contributed by atoms with Crippen LogP contribution in [0.5, 0.6) is 11.5 Å². The van der Waals surface area contributed by atoms with E-state index in [0.29, 0.717) is 23.9 Å². The maximum Gasteiger partial charge on any atom is 0.206 e. The van der Waals surface area contributed by atoms with E-state index in [1.807, 2.05) is 0 Å². The number of aliphatic imine (C=N–C) groups is 1. The molecule has 1 aromatic carbocycles. The standard InChI is InChI=1S/C20H20ClFN6O2/c1-23-20-27(18-15(21)13(29-2)6-14(30-3)16(18)22)9-10-7-24-19-12(8-25-26-19)17(10)28(20)11-4-5-11/h6-8,11H,4-5,9H2,1-3H3,(H,24,25,26)/b23-20+. The van der Waals surface area contributed by atoms with Crippen LogP contribution in [0.3, 0.4) is 0 Å². The minimum atomic E-state index is -0.569. The molecule has 1 aliphatic heterocycles. The molecular weight excluding hydrogens is 411 g/mol. The number of aromatic amines is 1. The molecule has 8 nitrogen and oxygen atoms in total. The van der Waals surface area contributed by atoms with Gasteiger partial charge in [0.25, 0.3) is 0 Å². The van der Waals surface area contributed by atoms with Crippen LogP contribution in [0.4, 0.5) is 15.8 Å². The number of fused-ring (bicyclic) bond motifs is 3. The Morgan fingerprint density at radius 3 is 2.63 bits per heavy atom. The number of aromatic nitrogens is 3. The van der Waals surface area contributed by atoms with Crippen LogP contribution < -0.4 is 19.3 Å². The summed E-state index contributed by atoms with van der Waals surface area (Å²) >= 11 is 6.58. The van der Waals surface area contributed by atoms with Gasteiger partial charge < -0.3 is 19.3 Å². The molecular formula is C20H20ClFN6O2. The number of hydrogen-bond donors (Lipinski definition) is 1. The van der Waals surface area contributed by atoms with Gasteiger partial charge in [0.05, 0.1) is 38.0 Å². The Balaban J connectivity index is 1.75. The van der Waals surface area contributed by atoms with Gasteiger partial charge in [-0.25, -0.2) is 9.37 Å². The molecule has 156 valence electrons. The molecule has 0 atom stereocenters. The zero-order valence-electron chi connectivity index (χ0n) is 16.7. The molecule has 5 rings (SSSR count). The van der Waals surface area contributed by atoms with Gasteiger partial charge in [0.2, 0.25) is 5.96 Å². The van der Waals surface area contributed by atoms with E-state index in [0.717, 1.165) is 29.5 Å². The van der Waals surface area contributed by atoms with Crippen LogP contribution in [-0.4, -0.2) is 48.5 Å². The van der Waals surface area contributed by atoms with Crippen molar-refractivity contribution >= 4 is 40.0 Å². The molecule has 0 unspecified atom stereocenters. The van der Waals surface area contributed by atoms with Crippen molar-refractivity contribution in [3.05, 3.63) is 34.9 Å². The number of anilines is 2. The molecule has 10 heteroatoms. The second-order valence-corrected chi connectivity index (χ2v) is 7.61. The summed E-state index contributed by atoms with van der Waals surface area (Å²) in [5.74, 6) is 0.414. The van der Waals surface area contributed by atoms with E-state index in [1.54, 1.807) is 24.3 Å². The normalized spacial score (nSPS) is 17.6. The van der Waals surface area contributed by atoms with Crippen LogP contribution in [0.25, 0.3) is 11.0 Å². The van der Waals surface area contributed by atoms with Crippen LogP contribution in [0.15, 0.2) is 23.5 Å². The molecule has 0 bridgehead atoms. The summed E-state index contributed by atoms with van der Waals surface area (Å²) < 4.78 is 26.0. The van der Waals surface area contributed by atoms with Crippen LogP contribution in [0.1, 0.15) is 18.4 Å². The highest BCUT2D eigenvalue weighted by Gasteiger charge is 2.42. The van der Waals surface area contributed by atoms with E-state index >= 15 is 4.39 Å². The smallest absolute Gasteiger partial charge is 0.206 e. The fourth-order valence-corrected chi connectivity index (χ4v) is 4.31. The van der Waals surface area contributed by atoms with Crippen molar-refractivity contribution in [1.29, 1.82) is 0 Å². The third-order valence-electron chi connectivity index (χ3n) is 5.49. The Morgan fingerprint density at radius 1 is 1.20 bits per heavy atom. The topological polar surface area (TPSA) is 78.9 Å². The average Bonchev–Trinajstić information content (AvgIpc) is 3.48. The minimum Gasteiger partial charge on any atom is -0.495 e.